The number of ketones is 2. The number of Topliss-reactive ketones (excluding diaryl/α,β-unsaturated/α-hetero) is 2. The van der Waals surface area contributed by atoms with Crippen molar-refractivity contribution in [1.29, 1.82) is 0 Å². The maximum atomic E-state index is 14.3. The van der Waals surface area contributed by atoms with Crippen molar-refractivity contribution in [2.24, 2.45) is 11.8 Å². The fourth-order valence-electron chi connectivity index (χ4n) is 11.2. The van der Waals surface area contributed by atoms with Crippen molar-refractivity contribution in [2.45, 2.75) is 123 Å². The Bertz CT molecular complexity index is 3060. The number of hydrogen-bond donors (Lipinski definition) is 2. The standard InChI is InChI=1S/C61H69N5O10/c1-8-46(67)17-11-14-20-57(69)63-58(36(2)3)52(68)23-37(4)59(70)62-43-25-38(34-75-55-29-40-21-22-44-27-41-15-9-12-18-49(41)65(44)60(71)47(40)30-53(55)73-6)24-39(26-43)35-76-56-32-51-48(31-54(56)74-7)61(72)66-45(33-64(51)5)28-42-16-10-13-19-50(42)66/h9-10,12-13,15-16,18-19,24-26,29-32,36-37,44-45,58H,8,11,14,17,20-23,27-28,33-35H2,1-7H3,(H,62,70)(H,63,69)/t37-,44-,45+,58+/m1/s1. The highest BCUT2D eigenvalue weighted by atomic mass is 16.5. The average molecular weight is 1030 g/mol. The number of likely N-dealkylation sites (N-methyl/N-ethyl adjacent to an activating group) is 1. The summed E-state index contributed by atoms with van der Waals surface area (Å²) in [6.07, 6.45) is 5.16. The predicted octanol–water partition coefficient (Wildman–Crippen LogP) is 9.61. The highest BCUT2D eigenvalue weighted by Gasteiger charge is 2.40. The number of anilines is 4. The van der Waals surface area contributed by atoms with E-state index in [4.69, 9.17) is 18.9 Å². The first-order chi connectivity index (χ1) is 36.6. The van der Waals surface area contributed by atoms with Gasteiger partial charge in [-0.05, 0) is 121 Å². The number of aryl methyl sites for hydroxylation is 1. The van der Waals surface area contributed by atoms with E-state index in [9.17, 15) is 28.8 Å². The van der Waals surface area contributed by atoms with Crippen LogP contribution in [0.4, 0.5) is 22.7 Å². The number of carbonyl (C=O) groups excluding carboxylic acids is 6. The second-order valence-electron chi connectivity index (χ2n) is 21.0. The third-order valence-electron chi connectivity index (χ3n) is 15.3. The largest absolute Gasteiger partial charge is 0.493 e. The van der Waals surface area contributed by atoms with Crippen LogP contribution >= 0.6 is 0 Å². The highest BCUT2D eigenvalue weighted by Crippen LogP contribution is 2.44. The molecule has 5 aromatic rings. The Balaban J connectivity index is 0.949. The van der Waals surface area contributed by atoms with Crippen molar-refractivity contribution in [2.75, 3.05) is 47.8 Å². The molecule has 4 aliphatic heterocycles. The first-order valence-corrected chi connectivity index (χ1v) is 26.6. The fraction of sp³-hybridized carbons (Fsp3) is 0.410. The maximum absolute atomic E-state index is 14.3. The lowest BCUT2D eigenvalue weighted by Gasteiger charge is -2.25. The van der Waals surface area contributed by atoms with Crippen LogP contribution in [0, 0.1) is 11.8 Å². The quantitative estimate of drug-likeness (QED) is 0.0671. The van der Waals surface area contributed by atoms with Gasteiger partial charge in [0.1, 0.15) is 19.0 Å². The van der Waals surface area contributed by atoms with Gasteiger partial charge in [0.15, 0.2) is 28.8 Å². The summed E-state index contributed by atoms with van der Waals surface area (Å²) in [5.74, 6) is -0.210. The molecule has 5 aromatic carbocycles. The van der Waals surface area contributed by atoms with Crippen LogP contribution < -0.4 is 44.3 Å². The fourth-order valence-corrected chi connectivity index (χ4v) is 11.2. The molecular weight excluding hydrogens is 963 g/mol. The lowest BCUT2D eigenvalue weighted by Crippen LogP contribution is -2.45. The minimum absolute atomic E-state index is 0.0371. The Hall–Kier alpha value is -7.68. The van der Waals surface area contributed by atoms with Gasteiger partial charge in [-0.25, -0.2) is 0 Å². The lowest BCUT2D eigenvalue weighted by molar-refractivity contribution is -0.131. The van der Waals surface area contributed by atoms with Crippen molar-refractivity contribution < 1.29 is 47.7 Å². The molecule has 0 aliphatic carbocycles. The second-order valence-corrected chi connectivity index (χ2v) is 21.0. The van der Waals surface area contributed by atoms with Gasteiger partial charge in [-0.15, -0.1) is 0 Å². The summed E-state index contributed by atoms with van der Waals surface area (Å²) in [7, 11) is 5.06. The summed E-state index contributed by atoms with van der Waals surface area (Å²) in [5.41, 5.74) is 8.65. The molecular formula is C61H69N5O10. The molecule has 0 bridgehead atoms. The Labute approximate surface area is 445 Å². The number of ether oxygens (including phenoxy) is 4. The van der Waals surface area contributed by atoms with E-state index in [1.54, 1.807) is 38.3 Å². The number of methoxy groups -OCH3 is 2. The number of rotatable bonds is 21. The number of hydrogen-bond acceptors (Lipinski definition) is 11. The number of nitrogens with zero attached hydrogens (tertiary/aromatic N) is 3. The van der Waals surface area contributed by atoms with Crippen molar-refractivity contribution in [3.63, 3.8) is 0 Å². The number of benzene rings is 5. The van der Waals surface area contributed by atoms with Crippen molar-refractivity contribution in [1.82, 2.24) is 5.32 Å². The average Bonchev–Trinajstić information content (AvgIpc) is 3.94. The van der Waals surface area contributed by atoms with Gasteiger partial charge in [0.05, 0.1) is 37.6 Å². The van der Waals surface area contributed by atoms with E-state index in [1.165, 1.54) is 12.7 Å². The van der Waals surface area contributed by atoms with Crippen molar-refractivity contribution in [3.8, 4) is 23.0 Å². The molecule has 0 radical (unpaired) electrons. The summed E-state index contributed by atoms with van der Waals surface area (Å²) in [6.45, 7) is 7.92. The summed E-state index contributed by atoms with van der Waals surface area (Å²) in [5, 5.41) is 5.91. The second kappa shape index (κ2) is 23.1. The highest BCUT2D eigenvalue weighted by molar-refractivity contribution is 6.12. The monoisotopic (exact) mass is 1030 g/mol. The summed E-state index contributed by atoms with van der Waals surface area (Å²) < 4.78 is 24.8. The van der Waals surface area contributed by atoms with Crippen molar-refractivity contribution in [3.05, 3.63) is 130 Å². The zero-order valence-corrected chi connectivity index (χ0v) is 44.7. The number of nitrogens with one attached hydrogen (secondary N) is 2. The first kappa shape index (κ1) is 53.2. The van der Waals surface area contributed by atoms with Crippen LogP contribution in [0.1, 0.15) is 121 Å². The number of unbranched alkanes of at least 4 members (excludes halogenated alkanes) is 1. The van der Waals surface area contributed by atoms with E-state index in [-0.39, 0.29) is 73.3 Å². The summed E-state index contributed by atoms with van der Waals surface area (Å²) in [4.78, 5) is 86.8. The first-order valence-electron chi connectivity index (χ1n) is 26.6. The van der Waals surface area contributed by atoms with Gasteiger partial charge in [0.2, 0.25) is 11.8 Å². The zero-order valence-electron chi connectivity index (χ0n) is 44.7. The molecule has 15 nitrogen and oxygen atoms in total. The smallest absolute Gasteiger partial charge is 0.260 e. The van der Waals surface area contributed by atoms with Gasteiger partial charge < -0.3 is 44.3 Å². The molecule has 4 amide bonds. The topological polar surface area (TPSA) is 173 Å². The molecule has 0 saturated carbocycles. The molecule has 4 aliphatic rings. The number of fused-ring (bicyclic) bond motifs is 8. The predicted molar refractivity (Wildman–Crippen MR) is 292 cm³/mol. The Morgan fingerprint density at radius 2 is 1.25 bits per heavy atom. The molecule has 0 fully saturated rings. The van der Waals surface area contributed by atoms with E-state index in [1.807, 2.05) is 92.2 Å². The molecule has 0 aromatic heterocycles. The summed E-state index contributed by atoms with van der Waals surface area (Å²) in [6, 6.07) is 28.1. The van der Waals surface area contributed by atoms with E-state index in [0.29, 0.717) is 95.3 Å². The van der Waals surface area contributed by atoms with Crippen LogP contribution in [0.2, 0.25) is 0 Å². The minimum Gasteiger partial charge on any atom is -0.493 e. The molecule has 4 heterocycles. The summed E-state index contributed by atoms with van der Waals surface area (Å²) >= 11 is 0. The Morgan fingerprint density at radius 1 is 0.671 bits per heavy atom. The molecule has 9 rings (SSSR count). The Kier molecular flexibility index (Phi) is 16.1. The van der Waals surface area contributed by atoms with Gasteiger partial charge in [0, 0.05) is 79.9 Å². The Morgan fingerprint density at radius 3 is 1.88 bits per heavy atom. The molecule has 15 heteroatoms. The third-order valence-corrected chi connectivity index (χ3v) is 15.3. The zero-order chi connectivity index (χ0) is 53.8. The van der Waals surface area contributed by atoms with Crippen LogP contribution in [0.25, 0.3) is 0 Å². The molecule has 0 spiro atoms. The van der Waals surface area contributed by atoms with Gasteiger partial charge in [-0.2, -0.15) is 0 Å². The molecule has 2 N–H and O–H groups in total. The molecule has 398 valence electrons. The van der Waals surface area contributed by atoms with Gasteiger partial charge >= 0.3 is 0 Å². The number of para-hydroxylation sites is 2. The van der Waals surface area contributed by atoms with Crippen LogP contribution in [0.15, 0.2) is 91.0 Å². The van der Waals surface area contributed by atoms with Crippen LogP contribution in [0.3, 0.4) is 0 Å². The maximum Gasteiger partial charge on any atom is 0.260 e. The number of amides is 4. The van der Waals surface area contributed by atoms with Gasteiger partial charge in [-0.1, -0.05) is 64.1 Å². The molecule has 76 heavy (non-hydrogen) atoms. The third kappa shape index (κ3) is 11.3. The van der Waals surface area contributed by atoms with Gasteiger partial charge in [-0.3, -0.25) is 28.8 Å². The van der Waals surface area contributed by atoms with Crippen molar-refractivity contribution >= 4 is 57.9 Å². The van der Waals surface area contributed by atoms with E-state index in [2.05, 4.69) is 27.7 Å². The van der Waals surface area contributed by atoms with Gasteiger partial charge in [0.25, 0.3) is 11.8 Å². The molecule has 0 unspecified atom stereocenters. The molecule has 4 atom stereocenters. The number of carbonyl (C=O) groups is 6. The minimum atomic E-state index is -0.780. The van der Waals surface area contributed by atoms with Crippen LogP contribution in [-0.2, 0) is 51.7 Å². The SMILES string of the molecule is CCC(=O)CCCCC(=O)N[C@H](C(=O)C[C@@H](C)C(=O)Nc1cc(COc2cc3c(cc2OC)C(=O)N2c4ccccc4C[C@H]2CC3)cc(COc2cc3c(cc2OC)C(=O)N2c4ccccc4C[C@H]2CN3C)c1)C(C)C. The molecule has 0 saturated heterocycles. The van der Waals surface area contributed by atoms with E-state index >= 15 is 0 Å². The van der Waals surface area contributed by atoms with E-state index < -0.39 is 17.9 Å². The van der Waals surface area contributed by atoms with Crippen LogP contribution in [0.5, 0.6) is 23.0 Å². The van der Waals surface area contributed by atoms with Crippen LogP contribution in [-0.4, -0.2) is 81.1 Å². The van der Waals surface area contributed by atoms with E-state index in [0.717, 1.165) is 41.8 Å². The normalized spacial score (nSPS) is 17.0. The lowest BCUT2D eigenvalue weighted by atomic mass is 9.92.